The molecule has 1 N–H and O–H groups in total. The predicted molar refractivity (Wildman–Crippen MR) is 84.6 cm³/mol. The third-order valence-corrected chi connectivity index (χ3v) is 4.38. The van der Waals surface area contributed by atoms with E-state index in [-0.39, 0.29) is 17.9 Å². The van der Waals surface area contributed by atoms with E-state index in [1.807, 2.05) is 19.9 Å². The van der Waals surface area contributed by atoms with Gasteiger partial charge in [0.1, 0.15) is 11.9 Å². The zero-order valence-corrected chi connectivity index (χ0v) is 13.2. The maximum atomic E-state index is 12.0. The lowest BCUT2D eigenvalue weighted by molar-refractivity contribution is -0.126. The van der Waals surface area contributed by atoms with Crippen molar-refractivity contribution >= 4 is 11.7 Å². The quantitative estimate of drug-likeness (QED) is 0.923. The molecule has 3 rings (SSSR count). The average Bonchev–Trinajstić information content (AvgIpc) is 2.44. The Bertz CT molecular complexity index is 626. The highest BCUT2D eigenvalue weighted by Crippen LogP contribution is 2.30. The highest BCUT2D eigenvalue weighted by atomic mass is 16.2. The number of fused-ring (bicyclic) bond motifs is 1. The van der Waals surface area contributed by atoms with E-state index in [0.717, 1.165) is 24.4 Å². The second-order valence-electron chi connectivity index (χ2n) is 6.55. The number of aromatic nitrogens is 1. The number of anilines is 1. The van der Waals surface area contributed by atoms with E-state index < -0.39 is 0 Å². The molecule has 1 aromatic rings. The summed E-state index contributed by atoms with van der Waals surface area (Å²) in [4.78, 5) is 18.8. The molecule has 22 heavy (non-hydrogen) atoms. The van der Waals surface area contributed by atoms with Gasteiger partial charge in [-0.05, 0) is 51.2 Å². The summed E-state index contributed by atoms with van der Waals surface area (Å²) in [7, 11) is 0. The number of hydrogen-bond acceptors (Lipinski definition) is 4. The summed E-state index contributed by atoms with van der Waals surface area (Å²) in [6, 6.07) is 4.43. The number of nitrogens with one attached hydrogen (secondary N) is 1. The van der Waals surface area contributed by atoms with Crippen molar-refractivity contribution in [2.75, 3.05) is 18.0 Å². The number of carbonyl (C=O) groups excluding carboxylic acids is 1. The Balaban J connectivity index is 1.74. The van der Waals surface area contributed by atoms with Crippen LogP contribution in [0, 0.1) is 17.2 Å². The Morgan fingerprint density at radius 2 is 2.14 bits per heavy atom. The first kappa shape index (κ1) is 14.8. The minimum absolute atomic E-state index is 0.00627. The Labute approximate surface area is 131 Å². The van der Waals surface area contributed by atoms with Crippen molar-refractivity contribution in [3.63, 3.8) is 0 Å². The van der Waals surface area contributed by atoms with Crippen LogP contribution in [-0.2, 0) is 17.6 Å². The lowest BCUT2D eigenvalue weighted by Crippen LogP contribution is -2.55. The number of rotatable bonds is 3. The van der Waals surface area contributed by atoms with Gasteiger partial charge in [-0.2, -0.15) is 5.26 Å². The molecule has 0 unspecified atom stereocenters. The molecule has 0 bridgehead atoms. The smallest absolute Gasteiger partial charge is 0.226 e. The summed E-state index contributed by atoms with van der Waals surface area (Å²) in [5, 5.41) is 12.3. The first-order chi connectivity index (χ1) is 10.6. The van der Waals surface area contributed by atoms with Crippen LogP contribution in [0.1, 0.15) is 43.5 Å². The molecule has 1 fully saturated rings. The number of nitriles is 1. The molecule has 0 atom stereocenters. The van der Waals surface area contributed by atoms with Crippen molar-refractivity contribution < 1.29 is 4.79 Å². The molecular formula is C17H22N4O. The van der Waals surface area contributed by atoms with Gasteiger partial charge in [0.2, 0.25) is 5.91 Å². The molecule has 5 nitrogen and oxygen atoms in total. The first-order valence-electron chi connectivity index (χ1n) is 8.06. The Kier molecular flexibility index (Phi) is 4.02. The molecule has 0 aromatic carbocycles. The summed E-state index contributed by atoms with van der Waals surface area (Å²) >= 11 is 0. The molecule has 5 heteroatoms. The van der Waals surface area contributed by atoms with Gasteiger partial charge >= 0.3 is 0 Å². The normalized spacial score (nSPS) is 17.6. The summed E-state index contributed by atoms with van der Waals surface area (Å²) in [5.74, 6) is 0.867. The SMILES string of the molecule is CC(C)NC(=O)C1CN(c2nc3c(cc2C#N)CCCC3)C1. The first-order valence-corrected chi connectivity index (χ1v) is 8.06. The predicted octanol–water partition coefficient (Wildman–Crippen LogP) is 1.79. The molecule has 1 aliphatic carbocycles. The molecule has 2 aliphatic rings. The molecule has 0 spiro atoms. The molecule has 0 saturated carbocycles. The number of amides is 1. The van der Waals surface area contributed by atoms with Crippen LogP contribution in [0.3, 0.4) is 0 Å². The fraction of sp³-hybridized carbons (Fsp3) is 0.588. The van der Waals surface area contributed by atoms with E-state index in [4.69, 9.17) is 4.98 Å². The standard InChI is InChI=1S/C17H22N4O/c1-11(2)19-17(22)14-9-21(10-14)16-13(8-18)7-12-5-3-4-6-15(12)20-16/h7,11,14H,3-6,9-10H2,1-2H3,(H,19,22). The molecule has 0 radical (unpaired) electrons. The van der Waals surface area contributed by atoms with E-state index in [9.17, 15) is 10.1 Å². The van der Waals surface area contributed by atoms with Crippen LogP contribution in [0.2, 0.25) is 0 Å². The Hall–Kier alpha value is -2.09. The van der Waals surface area contributed by atoms with Crippen LogP contribution < -0.4 is 10.2 Å². The van der Waals surface area contributed by atoms with Crippen LogP contribution in [0.5, 0.6) is 0 Å². The van der Waals surface area contributed by atoms with Crippen LogP contribution in [0.15, 0.2) is 6.07 Å². The van der Waals surface area contributed by atoms with Gasteiger partial charge in [-0.15, -0.1) is 0 Å². The largest absolute Gasteiger partial charge is 0.354 e. The molecular weight excluding hydrogens is 276 g/mol. The number of hydrogen-bond donors (Lipinski definition) is 1. The van der Waals surface area contributed by atoms with Gasteiger partial charge < -0.3 is 10.2 Å². The third-order valence-electron chi connectivity index (χ3n) is 4.38. The van der Waals surface area contributed by atoms with Crippen molar-refractivity contribution in [3.8, 4) is 6.07 Å². The molecule has 1 amide bonds. The van der Waals surface area contributed by atoms with Crippen molar-refractivity contribution in [2.24, 2.45) is 5.92 Å². The molecule has 1 saturated heterocycles. The second kappa shape index (κ2) is 5.96. The summed E-state index contributed by atoms with van der Waals surface area (Å²) in [6.07, 6.45) is 4.38. The number of aryl methyl sites for hydroxylation is 2. The van der Waals surface area contributed by atoms with E-state index in [0.29, 0.717) is 18.7 Å². The fourth-order valence-corrected chi connectivity index (χ4v) is 3.17. The van der Waals surface area contributed by atoms with Gasteiger partial charge in [-0.3, -0.25) is 4.79 Å². The number of carbonyl (C=O) groups is 1. The summed E-state index contributed by atoms with van der Waals surface area (Å²) < 4.78 is 0. The minimum atomic E-state index is 0.00627. The average molecular weight is 298 g/mol. The molecule has 1 aliphatic heterocycles. The zero-order valence-electron chi connectivity index (χ0n) is 13.2. The van der Waals surface area contributed by atoms with Crippen molar-refractivity contribution in [3.05, 3.63) is 22.9 Å². The number of pyridine rings is 1. The molecule has 116 valence electrons. The highest BCUT2D eigenvalue weighted by Gasteiger charge is 2.35. The maximum absolute atomic E-state index is 12.0. The lowest BCUT2D eigenvalue weighted by atomic mass is 9.93. The Morgan fingerprint density at radius 3 is 2.82 bits per heavy atom. The molecule has 1 aromatic heterocycles. The Morgan fingerprint density at radius 1 is 1.41 bits per heavy atom. The molecule has 2 heterocycles. The van der Waals surface area contributed by atoms with Gasteiger partial charge in [-0.25, -0.2) is 4.98 Å². The highest BCUT2D eigenvalue weighted by molar-refractivity contribution is 5.82. The topological polar surface area (TPSA) is 69.0 Å². The van der Waals surface area contributed by atoms with E-state index >= 15 is 0 Å². The number of nitrogens with zero attached hydrogens (tertiary/aromatic N) is 3. The van der Waals surface area contributed by atoms with Crippen LogP contribution in [0.25, 0.3) is 0 Å². The van der Waals surface area contributed by atoms with Gasteiger partial charge in [-0.1, -0.05) is 0 Å². The van der Waals surface area contributed by atoms with Crippen molar-refractivity contribution in [1.29, 1.82) is 5.26 Å². The second-order valence-corrected chi connectivity index (χ2v) is 6.55. The van der Waals surface area contributed by atoms with Gasteiger partial charge in [0.25, 0.3) is 0 Å². The van der Waals surface area contributed by atoms with Crippen molar-refractivity contribution in [2.45, 2.75) is 45.6 Å². The van der Waals surface area contributed by atoms with Gasteiger partial charge in [0, 0.05) is 24.8 Å². The minimum Gasteiger partial charge on any atom is -0.354 e. The van der Waals surface area contributed by atoms with Crippen molar-refractivity contribution in [1.82, 2.24) is 10.3 Å². The van der Waals surface area contributed by atoms with Gasteiger partial charge in [0.05, 0.1) is 11.5 Å². The van der Waals surface area contributed by atoms with E-state index in [2.05, 4.69) is 16.3 Å². The lowest BCUT2D eigenvalue weighted by Gasteiger charge is -2.40. The fourth-order valence-electron chi connectivity index (χ4n) is 3.17. The zero-order chi connectivity index (χ0) is 15.7. The van der Waals surface area contributed by atoms with Crippen LogP contribution in [0.4, 0.5) is 5.82 Å². The third kappa shape index (κ3) is 2.78. The van der Waals surface area contributed by atoms with Gasteiger partial charge in [0.15, 0.2) is 0 Å². The van der Waals surface area contributed by atoms with Crippen LogP contribution >= 0.6 is 0 Å². The van der Waals surface area contributed by atoms with E-state index in [1.54, 1.807) is 0 Å². The summed E-state index contributed by atoms with van der Waals surface area (Å²) in [5.41, 5.74) is 3.00. The summed E-state index contributed by atoms with van der Waals surface area (Å²) in [6.45, 7) is 5.23. The maximum Gasteiger partial charge on any atom is 0.226 e. The van der Waals surface area contributed by atoms with Crippen LogP contribution in [-0.4, -0.2) is 30.0 Å². The van der Waals surface area contributed by atoms with E-state index in [1.165, 1.54) is 18.4 Å². The monoisotopic (exact) mass is 298 g/mol.